The molecule has 0 saturated carbocycles. The third kappa shape index (κ3) is 3.19. The van der Waals surface area contributed by atoms with E-state index in [4.69, 9.17) is 4.52 Å². The van der Waals surface area contributed by atoms with Crippen molar-refractivity contribution in [1.82, 2.24) is 15.4 Å². The van der Waals surface area contributed by atoms with Gasteiger partial charge in [-0.15, -0.1) is 12.4 Å². The number of nitrogens with zero attached hydrogens (tertiary/aromatic N) is 2. The van der Waals surface area contributed by atoms with Crippen LogP contribution in [0.2, 0.25) is 0 Å². The predicted octanol–water partition coefficient (Wildman–Crippen LogP) is 3.12. The van der Waals surface area contributed by atoms with E-state index in [1.54, 1.807) is 6.07 Å². The Bertz CT molecular complexity index is 691. The molecule has 128 valence electrons. The molecule has 1 N–H and O–H groups in total. The maximum atomic E-state index is 12.7. The van der Waals surface area contributed by atoms with Crippen LogP contribution in [0.25, 0.3) is 11.3 Å². The van der Waals surface area contributed by atoms with Gasteiger partial charge < -0.3 is 14.7 Å². The van der Waals surface area contributed by atoms with Gasteiger partial charge in [0.2, 0.25) is 0 Å². The van der Waals surface area contributed by atoms with Crippen LogP contribution in [0, 0.1) is 0 Å². The van der Waals surface area contributed by atoms with Crippen LogP contribution in [-0.2, 0) is 0 Å². The molecule has 2 saturated heterocycles. The summed E-state index contributed by atoms with van der Waals surface area (Å²) < 4.78 is 5.35. The van der Waals surface area contributed by atoms with Gasteiger partial charge in [0.25, 0.3) is 5.91 Å². The molecule has 2 unspecified atom stereocenters. The van der Waals surface area contributed by atoms with Gasteiger partial charge in [-0.3, -0.25) is 4.79 Å². The van der Waals surface area contributed by atoms with Crippen LogP contribution >= 0.6 is 12.4 Å². The Morgan fingerprint density at radius 3 is 2.54 bits per heavy atom. The number of carbonyl (C=O) groups excluding carboxylic acids is 1. The van der Waals surface area contributed by atoms with Crippen molar-refractivity contribution >= 4 is 18.3 Å². The minimum atomic E-state index is -0.0535. The molecule has 0 spiro atoms. The number of piperidine rings is 1. The first-order valence-electron chi connectivity index (χ1n) is 8.26. The van der Waals surface area contributed by atoms with Crippen LogP contribution in [0.3, 0.4) is 0 Å². The summed E-state index contributed by atoms with van der Waals surface area (Å²) in [5.74, 6) is 0.579. The lowest BCUT2D eigenvalue weighted by Gasteiger charge is -2.35. The van der Waals surface area contributed by atoms with Crippen LogP contribution in [0.5, 0.6) is 0 Å². The first kappa shape index (κ1) is 17.0. The highest BCUT2D eigenvalue weighted by atomic mass is 35.5. The summed E-state index contributed by atoms with van der Waals surface area (Å²) in [6.45, 7) is 0. The van der Waals surface area contributed by atoms with Gasteiger partial charge in [-0.25, -0.2) is 0 Å². The van der Waals surface area contributed by atoms with E-state index >= 15 is 0 Å². The molecule has 24 heavy (non-hydrogen) atoms. The van der Waals surface area contributed by atoms with Crippen LogP contribution in [0.4, 0.5) is 0 Å². The number of benzene rings is 1. The predicted molar refractivity (Wildman–Crippen MR) is 94.2 cm³/mol. The van der Waals surface area contributed by atoms with Crippen LogP contribution in [-0.4, -0.2) is 41.1 Å². The van der Waals surface area contributed by atoms with E-state index in [0.717, 1.165) is 18.4 Å². The fourth-order valence-corrected chi connectivity index (χ4v) is 3.80. The van der Waals surface area contributed by atoms with Gasteiger partial charge in [-0.1, -0.05) is 35.5 Å². The molecular weight excluding hydrogens is 326 g/mol. The molecular formula is C18H22ClN3O2. The monoisotopic (exact) mass is 347 g/mol. The Morgan fingerprint density at radius 2 is 1.88 bits per heavy atom. The molecule has 2 aliphatic rings. The van der Waals surface area contributed by atoms with Gasteiger partial charge in [0.1, 0.15) is 0 Å². The molecule has 1 amide bonds. The third-order valence-electron chi connectivity index (χ3n) is 5.10. The molecule has 2 fully saturated rings. The molecule has 4 rings (SSSR count). The minimum Gasteiger partial charge on any atom is -0.355 e. The Kier molecular flexibility index (Phi) is 4.92. The van der Waals surface area contributed by atoms with Gasteiger partial charge in [-0.2, -0.15) is 0 Å². The topological polar surface area (TPSA) is 58.4 Å². The molecule has 2 aromatic rings. The van der Waals surface area contributed by atoms with Crippen molar-refractivity contribution in [3.05, 3.63) is 42.1 Å². The zero-order valence-corrected chi connectivity index (χ0v) is 14.5. The molecule has 2 aliphatic heterocycles. The molecule has 0 radical (unpaired) electrons. The number of nitrogens with one attached hydrogen (secondary N) is 1. The summed E-state index contributed by atoms with van der Waals surface area (Å²) in [5.41, 5.74) is 1.32. The lowest BCUT2D eigenvalue weighted by Crippen LogP contribution is -2.48. The molecule has 5 nitrogen and oxygen atoms in total. The molecule has 0 aliphatic carbocycles. The van der Waals surface area contributed by atoms with Gasteiger partial charge in [-0.05, 0) is 25.7 Å². The van der Waals surface area contributed by atoms with Crippen LogP contribution in [0.15, 0.2) is 40.9 Å². The Balaban J connectivity index is 0.00000169. The average molecular weight is 348 g/mol. The van der Waals surface area contributed by atoms with E-state index < -0.39 is 0 Å². The van der Waals surface area contributed by atoms with Crippen molar-refractivity contribution in [2.75, 3.05) is 7.05 Å². The molecule has 2 atom stereocenters. The maximum absolute atomic E-state index is 12.7. The lowest BCUT2D eigenvalue weighted by molar-refractivity contribution is 0.0671. The van der Waals surface area contributed by atoms with Gasteiger partial charge in [0.15, 0.2) is 11.5 Å². The van der Waals surface area contributed by atoms with Crippen LogP contribution in [0.1, 0.15) is 36.2 Å². The number of halogens is 1. The zero-order chi connectivity index (χ0) is 15.8. The van der Waals surface area contributed by atoms with E-state index in [1.807, 2.05) is 42.3 Å². The van der Waals surface area contributed by atoms with E-state index in [1.165, 1.54) is 12.8 Å². The first-order valence-corrected chi connectivity index (χ1v) is 8.26. The highest BCUT2D eigenvalue weighted by Crippen LogP contribution is 2.30. The second-order valence-electron chi connectivity index (χ2n) is 6.62. The van der Waals surface area contributed by atoms with Gasteiger partial charge in [0.05, 0.1) is 0 Å². The lowest BCUT2D eigenvalue weighted by atomic mass is 9.98. The summed E-state index contributed by atoms with van der Waals surface area (Å²) >= 11 is 0. The van der Waals surface area contributed by atoms with Gasteiger partial charge in [0, 0.05) is 36.8 Å². The highest BCUT2D eigenvalue weighted by molar-refractivity contribution is 5.93. The Labute approximate surface area is 147 Å². The quantitative estimate of drug-likeness (QED) is 0.926. The van der Waals surface area contributed by atoms with Crippen LogP contribution < -0.4 is 5.32 Å². The molecule has 1 aromatic heterocycles. The second-order valence-corrected chi connectivity index (χ2v) is 6.62. The summed E-state index contributed by atoms with van der Waals surface area (Å²) in [6, 6.07) is 12.9. The fraction of sp³-hybridized carbons (Fsp3) is 0.444. The Hall–Kier alpha value is -1.85. The SMILES string of the molecule is CN(C(=O)c1cc(-c2ccccc2)on1)C1CC2CCC(C1)N2.Cl. The third-order valence-corrected chi connectivity index (χ3v) is 5.10. The fourth-order valence-electron chi connectivity index (χ4n) is 3.80. The first-order chi connectivity index (χ1) is 11.2. The van der Waals surface area contributed by atoms with E-state index in [-0.39, 0.29) is 24.4 Å². The summed E-state index contributed by atoms with van der Waals surface area (Å²) in [6.07, 6.45) is 4.51. The molecule has 6 heteroatoms. The molecule has 3 heterocycles. The standard InChI is InChI=1S/C18H21N3O2.ClH/c1-21(15-9-13-7-8-14(10-15)19-13)18(22)16-11-17(23-20-16)12-5-3-2-4-6-12;/h2-6,11,13-15,19H,7-10H2,1H3;1H. The zero-order valence-electron chi connectivity index (χ0n) is 13.6. The van der Waals surface area contributed by atoms with Gasteiger partial charge >= 0.3 is 0 Å². The summed E-state index contributed by atoms with van der Waals surface area (Å²) in [7, 11) is 1.88. The van der Waals surface area contributed by atoms with Crippen molar-refractivity contribution in [3.63, 3.8) is 0 Å². The smallest absolute Gasteiger partial charge is 0.276 e. The largest absolute Gasteiger partial charge is 0.355 e. The number of hydrogen-bond donors (Lipinski definition) is 1. The van der Waals surface area contributed by atoms with Crippen molar-refractivity contribution in [2.24, 2.45) is 0 Å². The molecule has 1 aromatic carbocycles. The number of hydrogen-bond acceptors (Lipinski definition) is 4. The second kappa shape index (κ2) is 6.95. The van der Waals surface area contributed by atoms with Crippen molar-refractivity contribution in [2.45, 2.75) is 43.8 Å². The summed E-state index contributed by atoms with van der Waals surface area (Å²) in [5, 5.41) is 7.59. The minimum absolute atomic E-state index is 0. The maximum Gasteiger partial charge on any atom is 0.276 e. The van der Waals surface area contributed by atoms with E-state index in [2.05, 4.69) is 10.5 Å². The Morgan fingerprint density at radius 1 is 1.21 bits per heavy atom. The number of amides is 1. The van der Waals surface area contributed by atoms with E-state index in [9.17, 15) is 4.79 Å². The van der Waals surface area contributed by atoms with Crippen molar-refractivity contribution in [3.8, 4) is 11.3 Å². The number of fused-ring (bicyclic) bond motifs is 2. The normalized spacial score (nSPS) is 25.1. The number of aromatic nitrogens is 1. The molecule has 2 bridgehead atoms. The average Bonchev–Trinajstić information content (AvgIpc) is 3.21. The van der Waals surface area contributed by atoms with Crippen molar-refractivity contribution < 1.29 is 9.32 Å². The highest BCUT2D eigenvalue weighted by Gasteiger charge is 2.37. The van der Waals surface area contributed by atoms with Crippen molar-refractivity contribution in [1.29, 1.82) is 0 Å². The number of carbonyl (C=O) groups is 1. The summed E-state index contributed by atoms with van der Waals surface area (Å²) in [4.78, 5) is 14.6. The number of rotatable bonds is 3. The van der Waals surface area contributed by atoms with E-state index in [0.29, 0.717) is 23.5 Å².